The fraction of sp³-hybridized carbons (Fsp3) is 0.250. The van der Waals surface area contributed by atoms with Crippen molar-refractivity contribution < 1.29 is 9.47 Å². The Morgan fingerprint density at radius 2 is 2.03 bits per heavy atom. The third-order valence-electron chi connectivity index (χ3n) is 5.96. The van der Waals surface area contributed by atoms with Crippen LogP contribution in [0.15, 0.2) is 61.1 Å². The molecular formula is C24H22N4O2. The quantitative estimate of drug-likeness (QED) is 0.564. The van der Waals surface area contributed by atoms with E-state index in [4.69, 9.17) is 9.47 Å². The molecule has 150 valence electrons. The second kappa shape index (κ2) is 7.15. The molecule has 2 aliphatic rings. The molecule has 1 unspecified atom stereocenters. The molecule has 0 saturated carbocycles. The summed E-state index contributed by atoms with van der Waals surface area (Å²) in [6.45, 7) is 3.30. The normalized spacial score (nSPS) is 19.2. The van der Waals surface area contributed by atoms with Gasteiger partial charge in [0.1, 0.15) is 18.2 Å². The number of aromatic amines is 1. The maximum atomic E-state index is 6.31. The number of H-pyrrole nitrogens is 1. The van der Waals surface area contributed by atoms with Crippen LogP contribution >= 0.6 is 0 Å². The molecule has 2 aromatic heterocycles. The standard InChI is InChI=1S/C24H22N4O2/c1-2-4-20-18(3-1)19(13-27-20)16-7-11-28(12-8-16)14-17-15-29-22-6-5-21-23(24(22)30-17)26-10-9-25-21/h1-7,9-10,13,17,27H,8,11-12,14-15H2. The number of nitrogens with one attached hydrogen (secondary N) is 1. The second-order valence-corrected chi connectivity index (χ2v) is 7.85. The maximum Gasteiger partial charge on any atom is 0.189 e. The van der Waals surface area contributed by atoms with Crippen molar-refractivity contribution in [3.8, 4) is 11.5 Å². The average Bonchev–Trinajstić information content (AvgIpc) is 3.24. The topological polar surface area (TPSA) is 63.3 Å². The van der Waals surface area contributed by atoms with E-state index in [1.165, 1.54) is 22.0 Å². The Morgan fingerprint density at radius 3 is 2.97 bits per heavy atom. The van der Waals surface area contributed by atoms with Gasteiger partial charge in [0.25, 0.3) is 0 Å². The van der Waals surface area contributed by atoms with Crippen LogP contribution in [0.4, 0.5) is 0 Å². The van der Waals surface area contributed by atoms with Crippen LogP contribution in [0.2, 0.25) is 0 Å². The van der Waals surface area contributed by atoms with Gasteiger partial charge in [-0.15, -0.1) is 0 Å². The molecule has 6 heteroatoms. The van der Waals surface area contributed by atoms with Gasteiger partial charge in [-0.25, -0.2) is 4.98 Å². The number of benzene rings is 2. The molecule has 6 rings (SSSR count). The Bertz CT molecular complexity index is 1260. The van der Waals surface area contributed by atoms with Gasteiger partial charge in [-0.1, -0.05) is 24.3 Å². The highest BCUT2D eigenvalue weighted by atomic mass is 16.6. The van der Waals surface area contributed by atoms with E-state index in [9.17, 15) is 0 Å². The zero-order valence-corrected chi connectivity index (χ0v) is 16.5. The van der Waals surface area contributed by atoms with E-state index in [2.05, 4.69) is 56.4 Å². The molecule has 0 fully saturated rings. The predicted octanol–water partition coefficient (Wildman–Crippen LogP) is 4.04. The van der Waals surface area contributed by atoms with Gasteiger partial charge in [0, 0.05) is 54.7 Å². The lowest BCUT2D eigenvalue weighted by molar-refractivity contribution is 0.0630. The Labute approximate surface area is 174 Å². The number of aromatic nitrogens is 3. The van der Waals surface area contributed by atoms with Gasteiger partial charge >= 0.3 is 0 Å². The summed E-state index contributed by atoms with van der Waals surface area (Å²) in [6, 6.07) is 12.3. The summed E-state index contributed by atoms with van der Waals surface area (Å²) in [5.74, 6) is 1.46. The van der Waals surface area contributed by atoms with Crippen LogP contribution in [0.5, 0.6) is 11.5 Å². The zero-order valence-electron chi connectivity index (χ0n) is 16.5. The predicted molar refractivity (Wildman–Crippen MR) is 117 cm³/mol. The van der Waals surface area contributed by atoms with Crippen LogP contribution in [0, 0.1) is 0 Å². The summed E-state index contributed by atoms with van der Waals surface area (Å²) in [5, 5.41) is 1.30. The lowest BCUT2D eigenvalue weighted by Crippen LogP contribution is -2.42. The van der Waals surface area contributed by atoms with Crippen molar-refractivity contribution in [2.75, 3.05) is 26.2 Å². The van der Waals surface area contributed by atoms with E-state index in [1.807, 2.05) is 12.1 Å². The fourth-order valence-corrected chi connectivity index (χ4v) is 4.44. The zero-order chi connectivity index (χ0) is 19.9. The monoisotopic (exact) mass is 398 g/mol. The number of nitrogens with zero attached hydrogens (tertiary/aromatic N) is 3. The van der Waals surface area contributed by atoms with E-state index < -0.39 is 0 Å². The third kappa shape index (κ3) is 3.00. The first-order valence-electron chi connectivity index (χ1n) is 10.4. The second-order valence-electron chi connectivity index (χ2n) is 7.85. The van der Waals surface area contributed by atoms with Crippen LogP contribution in [-0.4, -0.2) is 52.2 Å². The van der Waals surface area contributed by atoms with E-state index in [1.54, 1.807) is 12.4 Å². The van der Waals surface area contributed by atoms with Gasteiger partial charge in [-0.2, -0.15) is 0 Å². The molecule has 4 aromatic rings. The first-order chi connectivity index (χ1) is 14.8. The molecule has 0 aliphatic carbocycles. The smallest absolute Gasteiger partial charge is 0.189 e. The molecular weight excluding hydrogens is 376 g/mol. The van der Waals surface area contributed by atoms with E-state index in [-0.39, 0.29) is 6.10 Å². The van der Waals surface area contributed by atoms with Gasteiger partial charge in [0.2, 0.25) is 0 Å². The van der Waals surface area contributed by atoms with E-state index in [0.29, 0.717) is 12.4 Å². The SMILES string of the molecule is C1=C(c2c[nH]c3ccccc23)CCN(CC2COc3ccc4nccnc4c3O2)C1. The van der Waals surface area contributed by atoms with Crippen molar-refractivity contribution in [1.29, 1.82) is 0 Å². The molecule has 0 saturated heterocycles. The minimum atomic E-state index is -0.0202. The van der Waals surface area contributed by atoms with Crippen LogP contribution in [0.1, 0.15) is 12.0 Å². The number of ether oxygens (including phenoxy) is 2. The third-order valence-corrected chi connectivity index (χ3v) is 5.96. The van der Waals surface area contributed by atoms with Gasteiger partial charge < -0.3 is 14.5 Å². The molecule has 0 spiro atoms. The largest absolute Gasteiger partial charge is 0.486 e. The van der Waals surface area contributed by atoms with Crippen molar-refractivity contribution >= 4 is 27.5 Å². The molecule has 0 radical (unpaired) electrons. The van der Waals surface area contributed by atoms with Gasteiger partial charge in [-0.3, -0.25) is 9.88 Å². The summed E-state index contributed by atoms with van der Waals surface area (Å²) in [7, 11) is 0. The summed E-state index contributed by atoms with van der Waals surface area (Å²) in [4.78, 5) is 14.6. The number of hydrogen-bond acceptors (Lipinski definition) is 5. The molecule has 1 atom stereocenters. The molecule has 2 aromatic carbocycles. The molecule has 0 bridgehead atoms. The van der Waals surface area contributed by atoms with Crippen LogP contribution in [0.3, 0.4) is 0 Å². The highest BCUT2D eigenvalue weighted by molar-refractivity contribution is 5.92. The summed E-state index contributed by atoms with van der Waals surface area (Å²) >= 11 is 0. The van der Waals surface area contributed by atoms with Crippen molar-refractivity contribution in [3.63, 3.8) is 0 Å². The summed E-state index contributed by atoms with van der Waals surface area (Å²) in [6.07, 6.45) is 8.87. The lowest BCUT2D eigenvalue weighted by atomic mass is 9.99. The average molecular weight is 398 g/mol. The highest BCUT2D eigenvalue weighted by Gasteiger charge is 2.26. The van der Waals surface area contributed by atoms with Crippen molar-refractivity contribution in [1.82, 2.24) is 19.9 Å². The molecule has 1 N–H and O–H groups in total. The van der Waals surface area contributed by atoms with Gasteiger partial charge in [0.05, 0.1) is 5.52 Å². The fourth-order valence-electron chi connectivity index (χ4n) is 4.44. The number of rotatable bonds is 3. The Hall–Kier alpha value is -3.38. The first kappa shape index (κ1) is 17.5. The minimum absolute atomic E-state index is 0.0202. The van der Waals surface area contributed by atoms with E-state index >= 15 is 0 Å². The molecule has 0 amide bonds. The Kier molecular flexibility index (Phi) is 4.16. The summed E-state index contributed by atoms with van der Waals surface area (Å²) in [5.41, 5.74) is 5.51. The minimum Gasteiger partial charge on any atom is -0.486 e. The first-order valence-corrected chi connectivity index (χ1v) is 10.4. The Balaban J connectivity index is 1.17. The summed E-state index contributed by atoms with van der Waals surface area (Å²) < 4.78 is 12.3. The highest BCUT2D eigenvalue weighted by Crippen LogP contribution is 2.37. The van der Waals surface area contributed by atoms with Crippen LogP contribution in [-0.2, 0) is 0 Å². The van der Waals surface area contributed by atoms with Crippen molar-refractivity contribution in [2.45, 2.75) is 12.5 Å². The van der Waals surface area contributed by atoms with E-state index in [0.717, 1.165) is 42.8 Å². The number of hydrogen-bond donors (Lipinski definition) is 1. The molecule has 2 aliphatic heterocycles. The molecule has 30 heavy (non-hydrogen) atoms. The number of fused-ring (bicyclic) bond motifs is 4. The van der Waals surface area contributed by atoms with Crippen LogP contribution in [0.25, 0.3) is 27.5 Å². The van der Waals surface area contributed by atoms with Crippen molar-refractivity contribution in [3.05, 3.63) is 66.6 Å². The lowest BCUT2D eigenvalue weighted by Gasteiger charge is -2.33. The van der Waals surface area contributed by atoms with Crippen LogP contribution < -0.4 is 9.47 Å². The van der Waals surface area contributed by atoms with Gasteiger partial charge in [-0.05, 0) is 30.2 Å². The van der Waals surface area contributed by atoms with Crippen molar-refractivity contribution in [2.24, 2.45) is 0 Å². The Morgan fingerprint density at radius 1 is 1.10 bits per heavy atom. The molecule has 6 nitrogen and oxygen atoms in total. The molecule has 4 heterocycles. The number of para-hydroxylation sites is 1. The maximum absolute atomic E-state index is 6.31. The van der Waals surface area contributed by atoms with Gasteiger partial charge in [0.15, 0.2) is 11.5 Å².